The molecule has 9 heteroatoms. The van der Waals surface area contributed by atoms with Gasteiger partial charge in [0.25, 0.3) is 12.3 Å². The molecule has 1 saturated heterocycles. The van der Waals surface area contributed by atoms with Crippen molar-refractivity contribution in [2.75, 3.05) is 13.7 Å². The third kappa shape index (κ3) is 3.42. The summed E-state index contributed by atoms with van der Waals surface area (Å²) >= 11 is 1.61. The Balaban J connectivity index is 1.63. The van der Waals surface area contributed by atoms with Crippen LogP contribution in [-0.2, 0) is 0 Å². The molecule has 32 heavy (non-hydrogen) atoms. The van der Waals surface area contributed by atoms with E-state index in [-0.39, 0.29) is 28.9 Å². The van der Waals surface area contributed by atoms with Crippen LogP contribution in [0, 0.1) is 0 Å². The molecular formula is C23H20F2N4O2S. The molecule has 0 radical (unpaired) electrons. The summed E-state index contributed by atoms with van der Waals surface area (Å²) in [5.74, 6) is 0.259. The van der Waals surface area contributed by atoms with Gasteiger partial charge in [0.15, 0.2) is 5.65 Å². The van der Waals surface area contributed by atoms with Crippen LogP contribution in [0.5, 0.6) is 5.75 Å². The van der Waals surface area contributed by atoms with E-state index in [4.69, 9.17) is 4.74 Å². The van der Waals surface area contributed by atoms with Crippen LogP contribution >= 0.6 is 11.3 Å². The second-order valence-electron chi connectivity index (χ2n) is 7.53. The van der Waals surface area contributed by atoms with E-state index in [2.05, 4.69) is 10.1 Å². The fourth-order valence-electron chi connectivity index (χ4n) is 4.23. The first-order chi connectivity index (χ1) is 15.6. The number of amides is 1. The predicted octanol–water partition coefficient (Wildman–Crippen LogP) is 5.38. The van der Waals surface area contributed by atoms with Crippen LogP contribution in [0.4, 0.5) is 8.78 Å². The van der Waals surface area contributed by atoms with Crippen LogP contribution in [-0.4, -0.2) is 39.1 Å². The Morgan fingerprint density at radius 2 is 2.09 bits per heavy atom. The number of hydrogen-bond donors (Lipinski definition) is 0. The van der Waals surface area contributed by atoms with Gasteiger partial charge in [0.1, 0.15) is 17.0 Å². The Hall–Kier alpha value is -3.33. The first-order valence-corrected chi connectivity index (χ1v) is 11.1. The molecule has 5 rings (SSSR count). The van der Waals surface area contributed by atoms with E-state index in [0.717, 1.165) is 22.2 Å². The summed E-state index contributed by atoms with van der Waals surface area (Å²) in [6, 6.07) is 12.3. The number of carbonyl (C=O) groups excluding carboxylic acids is 1. The molecule has 164 valence electrons. The van der Waals surface area contributed by atoms with Crippen LogP contribution in [0.15, 0.2) is 54.0 Å². The zero-order chi connectivity index (χ0) is 22.2. The topological polar surface area (TPSA) is 59.7 Å². The van der Waals surface area contributed by atoms with Crippen molar-refractivity contribution in [3.05, 3.63) is 70.2 Å². The lowest BCUT2D eigenvalue weighted by molar-refractivity contribution is 0.0739. The highest BCUT2D eigenvalue weighted by atomic mass is 32.1. The van der Waals surface area contributed by atoms with Crippen molar-refractivity contribution in [3.8, 4) is 17.0 Å². The normalized spacial score (nSPS) is 16.2. The number of aromatic nitrogens is 3. The minimum atomic E-state index is -2.79. The number of thiophene rings is 1. The molecule has 0 N–H and O–H groups in total. The van der Waals surface area contributed by atoms with E-state index >= 15 is 0 Å². The Kier molecular flexibility index (Phi) is 5.34. The SMILES string of the molecule is COc1ccccc1-c1cc(C(F)F)n2ncc(C(=O)N3CCC[C@@H]3c3cccs3)c2n1. The van der Waals surface area contributed by atoms with E-state index in [0.29, 0.717) is 23.6 Å². The highest BCUT2D eigenvalue weighted by molar-refractivity contribution is 7.10. The van der Waals surface area contributed by atoms with Crippen molar-refractivity contribution in [3.63, 3.8) is 0 Å². The first kappa shape index (κ1) is 20.6. The van der Waals surface area contributed by atoms with E-state index in [1.165, 1.54) is 19.4 Å². The molecule has 0 spiro atoms. The van der Waals surface area contributed by atoms with Gasteiger partial charge in [0, 0.05) is 17.0 Å². The van der Waals surface area contributed by atoms with Gasteiger partial charge in [-0.1, -0.05) is 18.2 Å². The van der Waals surface area contributed by atoms with Crippen molar-refractivity contribution in [2.24, 2.45) is 0 Å². The van der Waals surface area contributed by atoms with Gasteiger partial charge >= 0.3 is 0 Å². The van der Waals surface area contributed by atoms with Gasteiger partial charge in [-0.15, -0.1) is 11.3 Å². The minimum absolute atomic E-state index is 0.0237. The smallest absolute Gasteiger partial charge is 0.280 e. The summed E-state index contributed by atoms with van der Waals surface area (Å²) < 4.78 is 34.3. The monoisotopic (exact) mass is 454 g/mol. The number of benzene rings is 1. The standard InChI is InChI=1S/C23H20F2N4O2S/c1-31-19-8-3-2-6-14(19)16-12-18(21(24)25)29-22(27-16)15(13-26-29)23(30)28-10-4-7-17(28)20-9-5-11-32-20/h2-3,5-6,8-9,11-13,17,21H,4,7,10H2,1H3/t17-/m1/s1. The summed E-state index contributed by atoms with van der Waals surface area (Å²) in [6.07, 6.45) is 0.304. The average molecular weight is 455 g/mol. The quantitative estimate of drug-likeness (QED) is 0.406. The lowest BCUT2D eigenvalue weighted by Crippen LogP contribution is -2.30. The highest BCUT2D eigenvalue weighted by Crippen LogP contribution is 2.37. The van der Waals surface area contributed by atoms with Crippen LogP contribution in [0.2, 0.25) is 0 Å². The molecule has 0 saturated carbocycles. The number of rotatable bonds is 5. The summed E-state index contributed by atoms with van der Waals surface area (Å²) in [5, 5.41) is 6.08. The molecule has 1 aliphatic rings. The average Bonchev–Trinajstić information content (AvgIpc) is 3.57. The van der Waals surface area contributed by atoms with Crippen LogP contribution in [0.1, 0.15) is 46.2 Å². The molecule has 4 heterocycles. The number of para-hydroxylation sites is 1. The van der Waals surface area contributed by atoms with Crippen molar-refractivity contribution in [1.82, 2.24) is 19.5 Å². The van der Waals surface area contributed by atoms with Gasteiger partial charge in [-0.25, -0.2) is 18.3 Å². The fraction of sp³-hybridized carbons (Fsp3) is 0.261. The van der Waals surface area contributed by atoms with Crippen molar-refractivity contribution in [2.45, 2.75) is 25.3 Å². The Bertz CT molecular complexity index is 1270. The fourth-order valence-corrected chi connectivity index (χ4v) is 5.10. The number of likely N-dealkylation sites (tertiary alicyclic amines) is 1. The number of ether oxygens (including phenoxy) is 1. The lowest BCUT2D eigenvalue weighted by atomic mass is 10.1. The maximum Gasteiger partial charge on any atom is 0.280 e. The highest BCUT2D eigenvalue weighted by Gasteiger charge is 2.33. The Labute approximate surface area is 187 Å². The lowest BCUT2D eigenvalue weighted by Gasteiger charge is -2.23. The summed E-state index contributed by atoms with van der Waals surface area (Å²) in [6.45, 7) is 0.604. The van der Waals surface area contributed by atoms with Gasteiger partial charge in [-0.05, 0) is 42.5 Å². The molecule has 1 amide bonds. The van der Waals surface area contributed by atoms with E-state index < -0.39 is 6.43 Å². The molecule has 1 aliphatic heterocycles. The first-order valence-electron chi connectivity index (χ1n) is 10.2. The molecule has 0 aliphatic carbocycles. The van der Waals surface area contributed by atoms with Crippen LogP contribution in [0.3, 0.4) is 0 Å². The number of halogens is 2. The zero-order valence-corrected chi connectivity index (χ0v) is 18.1. The van der Waals surface area contributed by atoms with Gasteiger partial charge in [0.05, 0.1) is 25.0 Å². The van der Waals surface area contributed by atoms with Gasteiger partial charge in [-0.2, -0.15) is 5.10 Å². The molecule has 1 aromatic carbocycles. The molecule has 0 unspecified atom stereocenters. The summed E-state index contributed by atoms with van der Waals surface area (Å²) in [7, 11) is 1.51. The van der Waals surface area contributed by atoms with Gasteiger partial charge < -0.3 is 9.64 Å². The van der Waals surface area contributed by atoms with E-state index in [9.17, 15) is 13.6 Å². The van der Waals surface area contributed by atoms with Crippen molar-refractivity contribution >= 4 is 22.9 Å². The second kappa shape index (κ2) is 8.31. The molecule has 6 nitrogen and oxygen atoms in total. The number of carbonyl (C=O) groups is 1. The zero-order valence-electron chi connectivity index (χ0n) is 17.2. The third-order valence-electron chi connectivity index (χ3n) is 5.72. The maximum absolute atomic E-state index is 13.9. The van der Waals surface area contributed by atoms with Crippen molar-refractivity contribution in [1.29, 1.82) is 0 Å². The molecule has 3 aromatic heterocycles. The van der Waals surface area contributed by atoms with E-state index in [1.807, 2.05) is 17.5 Å². The van der Waals surface area contributed by atoms with Gasteiger partial charge in [0.2, 0.25) is 0 Å². The second-order valence-corrected chi connectivity index (χ2v) is 8.51. The van der Waals surface area contributed by atoms with Gasteiger partial charge in [-0.3, -0.25) is 4.79 Å². The molecule has 0 bridgehead atoms. The Morgan fingerprint density at radius 3 is 2.84 bits per heavy atom. The molecular weight excluding hydrogens is 434 g/mol. The van der Waals surface area contributed by atoms with Crippen LogP contribution < -0.4 is 4.74 Å². The molecule has 4 aromatic rings. The predicted molar refractivity (Wildman–Crippen MR) is 117 cm³/mol. The molecule has 1 atom stereocenters. The largest absolute Gasteiger partial charge is 0.496 e. The Morgan fingerprint density at radius 1 is 1.25 bits per heavy atom. The summed E-state index contributed by atoms with van der Waals surface area (Å²) in [5.41, 5.74) is 0.872. The number of alkyl halides is 2. The number of hydrogen-bond acceptors (Lipinski definition) is 5. The molecule has 1 fully saturated rings. The maximum atomic E-state index is 13.9. The number of nitrogens with zero attached hydrogens (tertiary/aromatic N) is 4. The number of methoxy groups -OCH3 is 1. The minimum Gasteiger partial charge on any atom is -0.496 e. The van der Waals surface area contributed by atoms with Crippen LogP contribution in [0.25, 0.3) is 16.9 Å². The third-order valence-corrected chi connectivity index (χ3v) is 6.70. The van der Waals surface area contributed by atoms with Crippen molar-refractivity contribution < 1.29 is 18.3 Å². The van der Waals surface area contributed by atoms with E-state index in [1.54, 1.807) is 40.5 Å². The summed E-state index contributed by atoms with van der Waals surface area (Å²) in [4.78, 5) is 21.0. The number of fused-ring (bicyclic) bond motifs is 1.